The summed E-state index contributed by atoms with van der Waals surface area (Å²) in [4.78, 5) is 0. The molecule has 0 rings (SSSR count). The maximum atomic E-state index is 11.7. The fourth-order valence-corrected chi connectivity index (χ4v) is 1.06. The number of alkyl halides is 3. The van der Waals surface area contributed by atoms with E-state index in [0.717, 1.165) is 7.05 Å². The van der Waals surface area contributed by atoms with E-state index in [4.69, 9.17) is 0 Å². The van der Waals surface area contributed by atoms with Crippen molar-refractivity contribution in [1.82, 2.24) is 4.72 Å². The minimum Gasteiger partial charge on any atom is -0.218 e. The molecule has 0 amide bonds. The summed E-state index contributed by atoms with van der Waals surface area (Å²) in [6.07, 6.45) is -4.71. The molecule has 0 aliphatic rings. The first-order valence-electron chi connectivity index (χ1n) is 2.71. The molecule has 0 bridgehead atoms. The van der Waals surface area contributed by atoms with Crippen LogP contribution < -0.4 is 4.72 Å². The molecule has 0 aromatic rings. The van der Waals surface area contributed by atoms with Gasteiger partial charge in [-0.1, -0.05) is 0 Å². The van der Waals surface area contributed by atoms with E-state index in [1.54, 1.807) is 4.72 Å². The predicted molar refractivity (Wildman–Crippen MR) is 33.5 cm³/mol. The normalized spacial score (nSPS) is 16.5. The zero-order valence-corrected chi connectivity index (χ0v) is 6.75. The lowest BCUT2D eigenvalue weighted by Crippen LogP contribution is -2.40. The first-order valence-corrected chi connectivity index (χ1v) is 4.25. The number of sulfonamides is 1. The van der Waals surface area contributed by atoms with Gasteiger partial charge in [0, 0.05) is 0 Å². The first-order chi connectivity index (χ1) is 4.72. The lowest BCUT2D eigenvalue weighted by Gasteiger charge is -2.14. The van der Waals surface area contributed by atoms with E-state index in [0.29, 0.717) is 6.92 Å². The van der Waals surface area contributed by atoms with Crippen molar-refractivity contribution in [1.29, 1.82) is 0 Å². The van der Waals surface area contributed by atoms with Gasteiger partial charge in [0.25, 0.3) is 0 Å². The van der Waals surface area contributed by atoms with Gasteiger partial charge in [-0.3, -0.25) is 0 Å². The van der Waals surface area contributed by atoms with Crippen molar-refractivity contribution >= 4 is 10.0 Å². The van der Waals surface area contributed by atoms with Gasteiger partial charge in [-0.15, -0.1) is 0 Å². The van der Waals surface area contributed by atoms with Crippen LogP contribution in [0.5, 0.6) is 0 Å². The van der Waals surface area contributed by atoms with Crippen molar-refractivity contribution in [2.24, 2.45) is 0 Å². The summed E-state index contributed by atoms with van der Waals surface area (Å²) in [5.41, 5.74) is 0. The average molecular weight is 191 g/mol. The van der Waals surface area contributed by atoms with Gasteiger partial charge < -0.3 is 0 Å². The Bertz CT molecular complexity index is 220. The Hall–Kier alpha value is -0.300. The monoisotopic (exact) mass is 191 g/mol. The molecule has 0 aromatic heterocycles. The average Bonchev–Trinajstić information content (AvgIpc) is 1.84. The molecule has 0 aliphatic carbocycles. The van der Waals surface area contributed by atoms with Crippen LogP contribution in [-0.2, 0) is 10.0 Å². The Balaban J connectivity index is 4.64. The quantitative estimate of drug-likeness (QED) is 0.690. The maximum Gasteiger partial charge on any atom is 0.406 e. The minimum atomic E-state index is -4.71. The third-order valence-corrected chi connectivity index (χ3v) is 2.98. The predicted octanol–water partition coefficient (Wildman–Crippen LogP) is 0.486. The summed E-state index contributed by atoms with van der Waals surface area (Å²) < 4.78 is 57.8. The number of hydrogen-bond donors (Lipinski definition) is 1. The molecule has 0 heterocycles. The van der Waals surface area contributed by atoms with E-state index in [1.807, 2.05) is 0 Å². The van der Waals surface area contributed by atoms with Gasteiger partial charge in [0.2, 0.25) is 10.0 Å². The van der Waals surface area contributed by atoms with E-state index in [-0.39, 0.29) is 0 Å². The van der Waals surface area contributed by atoms with Crippen LogP contribution in [0.1, 0.15) is 6.92 Å². The number of hydrogen-bond acceptors (Lipinski definition) is 2. The minimum absolute atomic E-state index is 0.589. The van der Waals surface area contributed by atoms with Gasteiger partial charge >= 0.3 is 6.18 Å². The van der Waals surface area contributed by atoms with Crippen LogP contribution in [0.25, 0.3) is 0 Å². The van der Waals surface area contributed by atoms with Crippen LogP contribution in [0.4, 0.5) is 13.2 Å². The van der Waals surface area contributed by atoms with Crippen LogP contribution >= 0.6 is 0 Å². The van der Waals surface area contributed by atoms with Crippen molar-refractivity contribution in [3.8, 4) is 0 Å². The van der Waals surface area contributed by atoms with Crippen molar-refractivity contribution in [3.63, 3.8) is 0 Å². The summed E-state index contributed by atoms with van der Waals surface area (Å²) in [6.45, 7) is 0.589. The topological polar surface area (TPSA) is 46.2 Å². The molecule has 1 atom stereocenters. The number of halogens is 3. The van der Waals surface area contributed by atoms with Crippen molar-refractivity contribution in [2.75, 3.05) is 7.05 Å². The van der Waals surface area contributed by atoms with Crippen molar-refractivity contribution in [3.05, 3.63) is 0 Å². The summed E-state index contributed by atoms with van der Waals surface area (Å²) >= 11 is 0. The summed E-state index contributed by atoms with van der Waals surface area (Å²) in [5, 5.41) is -2.36. The van der Waals surface area contributed by atoms with Crippen LogP contribution in [0.3, 0.4) is 0 Å². The van der Waals surface area contributed by atoms with Crippen molar-refractivity contribution < 1.29 is 21.6 Å². The molecule has 0 aromatic carbocycles. The lowest BCUT2D eigenvalue weighted by molar-refractivity contribution is -0.127. The van der Waals surface area contributed by atoms with E-state index >= 15 is 0 Å². The largest absolute Gasteiger partial charge is 0.406 e. The zero-order chi connectivity index (χ0) is 9.28. The number of rotatable bonds is 2. The summed E-state index contributed by atoms with van der Waals surface area (Å²) in [6, 6.07) is 0. The molecule has 0 radical (unpaired) electrons. The second kappa shape index (κ2) is 2.98. The molecule has 0 saturated carbocycles. The Kier molecular flexibility index (Phi) is 2.90. The smallest absolute Gasteiger partial charge is 0.218 e. The molecule has 0 unspecified atom stereocenters. The molecule has 7 heteroatoms. The van der Waals surface area contributed by atoms with Crippen LogP contribution in [0.15, 0.2) is 0 Å². The summed E-state index contributed by atoms with van der Waals surface area (Å²) in [5.74, 6) is 0. The lowest BCUT2D eigenvalue weighted by atomic mass is 10.5. The van der Waals surface area contributed by atoms with E-state index in [9.17, 15) is 21.6 Å². The highest BCUT2D eigenvalue weighted by Crippen LogP contribution is 2.24. The van der Waals surface area contributed by atoms with Gasteiger partial charge in [0.15, 0.2) is 5.25 Å². The van der Waals surface area contributed by atoms with E-state index < -0.39 is 21.4 Å². The molecule has 0 saturated heterocycles. The highest BCUT2D eigenvalue weighted by Gasteiger charge is 2.44. The van der Waals surface area contributed by atoms with Crippen LogP contribution in [-0.4, -0.2) is 26.9 Å². The highest BCUT2D eigenvalue weighted by molar-refractivity contribution is 7.90. The molecular weight excluding hydrogens is 183 g/mol. The molecule has 1 N–H and O–H groups in total. The third kappa shape index (κ3) is 2.66. The standard InChI is InChI=1S/C4H8F3NO2S/c1-3(4(5,6)7)11(9,10)8-2/h3,8H,1-2H3/t3-/m0/s1. The van der Waals surface area contributed by atoms with Crippen LogP contribution in [0.2, 0.25) is 0 Å². The zero-order valence-electron chi connectivity index (χ0n) is 5.94. The van der Waals surface area contributed by atoms with Crippen LogP contribution in [0, 0.1) is 0 Å². The van der Waals surface area contributed by atoms with Crippen molar-refractivity contribution in [2.45, 2.75) is 18.3 Å². The Morgan fingerprint density at radius 3 is 1.82 bits per heavy atom. The fraction of sp³-hybridized carbons (Fsp3) is 1.00. The molecule has 68 valence electrons. The molecular formula is C4H8F3NO2S. The van der Waals surface area contributed by atoms with Gasteiger partial charge in [-0.25, -0.2) is 13.1 Å². The van der Waals surface area contributed by atoms with Gasteiger partial charge in [-0.05, 0) is 14.0 Å². The highest BCUT2D eigenvalue weighted by atomic mass is 32.2. The molecule has 0 aliphatic heterocycles. The molecule has 0 fully saturated rings. The Labute approximate surface area is 62.6 Å². The SMILES string of the molecule is CNS(=O)(=O)[C@@H](C)C(F)(F)F. The Morgan fingerprint density at radius 2 is 1.73 bits per heavy atom. The second-order valence-electron chi connectivity index (χ2n) is 1.93. The summed E-state index contributed by atoms with van der Waals surface area (Å²) in [7, 11) is -3.29. The van der Waals surface area contributed by atoms with Gasteiger partial charge in [-0.2, -0.15) is 13.2 Å². The molecule has 3 nitrogen and oxygen atoms in total. The number of nitrogens with one attached hydrogen (secondary N) is 1. The van der Waals surface area contributed by atoms with E-state index in [1.165, 1.54) is 0 Å². The first kappa shape index (κ1) is 10.7. The van der Waals surface area contributed by atoms with Gasteiger partial charge in [0.05, 0.1) is 0 Å². The Morgan fingerprint density at radius 1 is 1.36 bits per heavy atom. The van der Waals surface area contributed by atoms with E-state index in [2.05, 4.69) is 0 Å². The van der Waals surface area contributed by atoms with Gasteiger partial charge in [0.1, 0.15) is 0 Å². The second-order valence-corrected chi connectivity index (χ2v) is 4.14. The maximum absolute atomic E-state index is 11.7. The third-order valence-electron chi connectivity index (χ3n) is 1.21. The molecule has 11 heavy (non-hydrogen) atoms. The fourth-order valence-electron chi connectivity index (χ4n) is 0.353. The molecule has 0 spiro atoms.